The van der Waals surface area contributed by atoms with Crippen molar-refractivity contribution >= 4 is 11.6 Å². The van der Waals surface area contributed by atoms with Crippen molar-refractivity contribution in [1.29, 1.82) is 0 Å². The average molecular weight is 286 g/mol. The van der Waals surface area contributed by atoms with Gasteiger partial charge in [-0.15, -0.1) is 0 Å². The van der Waals surface area contributed by atoms with Crippen molar-refractivity contribution < 1.29 is 4.79 Å². The summed E-state index contributed by atoms with van der Waals surface area (Å²) >= 11 is 0. The standard InChI is InChI=1S/C15H18N4O2/c1-10(2)19(12-5-3-11(9-16)4-6-12)15(21)13-7-8-14(20)18-17-13/h3-8,10H,9,16H2,1-2H3,(H,18,20). The third-order valence-corrected chi connectivity index (χ3v) is 3.08. The predicted octanol–water partition coefficient (Wildman–Crippen LogP) is 1.28. The van der Waals surface area contributed by atoms with Crippen LogP contribution in [0, 0.1) is 0 Å². The lowest BCUT2D eigenvalue weighted by Gasteiger charge is -2.26. The van der Waals surface area contributed by atoms with Gasteiger partial charge in [-0.25, -0.2) is 5.10 Å². The molecule has 1 aromatic carbocycles. The van der Waals surface area contributed by atoms with Gasteiger partial charge in [-0.3, -0.25) is 9.59 Å². The van der Waals surface area contributed by atoms with Crippen molar-refractivity contribution in [2.45, 2.75) is 26.4 Å². The number of hydrogen-bond acceptors (Lipinski definition) is 4. The highest BCUT2D eigenvalue weighted by Gasteiger charge is 2.21. The average Bonchev–Trinajstić information content (AvgIpc) is 2.48. The second-order valence-electron chi connectivity index (χ2n) is 4.95. The molecule has 3 N–H and O–H groups in total. The molecule has 0 aliphatic rings. The van der Waals surface area contributed by atoms with Gasteiger partial charge in [0.15, 0.2) is 0 Å². The number of carbonyl (C=O) groups excluding carboxylic acids is 1. The minimum atomic E-state index is -0.338. The molecule has 0 bridgehead atoms. The summed E-state index contributed by atoms with van der Waals surface area (Å²) in [5.41, 5.74) is 7.20. The summed E-state index contributed by atoms with van der Waals surface area (Å²) < 4.78 is 0. The molecule has 0 unspecified atom stereocenters. The number of aromatic amines is 1. The quantitative estimate of drug-likeness (QED) is 0.885. The molecule has 6 nitrogen and oxygen atoms in total. The number of hydrogen-bond donors (Lipinski definition) is 2. The fourth-order valence-electron chi connectivity index (χ4n) is 2.03. The van der Waals surface area contributed by atoms with Crippen molar-refractivity contribution in [3.63, 3.8) is 0 Å². The van der Waals surface area contributed by atoms with Crippen LogP contribution >= 0.6 is 0 Å². The zero-order valence-corrected chi connectivity index (χ0v) is 12.0. The van der Waals surface area contributed by atoms with Crippen LogP contribution in [0.3, 0.4) is 0 Å². The van der Waals surface area contributed by atoms with Crippen LogP contribution in [0.1, 0.15) is 29.9 Å². The number of H-pyrrole nitrogens is 1. The number of nitrogens with zero attached hydrogens (tertiary/aromatic N) is 2. The van der Waals surface area contributed by atoms with E-state index in [1.165, 1.54) is 12.1 Å². The maximum atomic E-state index is 12.6. The lowest BCUT2D eigenvalue weighted by atomic mass is 10.1. The number of nitrogens with two attached hydrogens (primary N) is 1. The first-order valence-electron chi connectivity index (χ1n) is 6.71. The minimum absolute atomic E-state index is 0.0463. The number of anilines is 1. The predicted molar refractivity (Wildman–Crippen MR) is 81.1 cm³/mol. The Kier molecular flexibility index (Phi) is 4.49. The molecule has 0 fully saturated rings. The van der Waals surface area contributed by atoms with Gasteiger partial charge in [0.2, 0.25) is 0 Å². The molecule has 110 valence electrons. The Balaban J connectivity index is 2.35. The lowest BCUT2D eigenvalue weighted by molar-refractivity contribution is 0.0974. The molecular weight excluding hydrogens is 268 g/mol. The van der Waals surface area contributed by atoms with Gasteiger partial charge < -0.3 is 10.6 Å². The van der Waals surface area contributed by atoms with Crippen molar-refractivity contribution in [3.05, 3.63) is 58.0 Å². The van der Waals surface area contributed by atoms with Crippen molar-refractivity contribution in [2.75, 3.05) is 4.90 Å². The van der Waals surface area contributed by atoms with Crippen LogP contribution in [0.5, 0.6) is 0 Å². The largest absolute Gasteiger partial charge is 0.326 e. The molecule has 2 rings (SSSR count). The van der Waals surface area contributed by atoms with Crippen molar-refractivity contribution in [3.8, 4) is 0 Å². The van der Waals surface area contributed by atoms with E-state index < -0.39 is 0 Å². The SMILES string of the molecule is CC(C)N(C(=O)c1ccc(=O)[nH]n1)c1ccc(CN)cc1. The monoisotopic (exact) mass is 286 g/mol. The molecule has 0 spiro atoms. The third kappa shape index (κ3) is 3.35. The van der Waals surface area contributed by atoms with Gasteiger partial charge in [-0.1, -0.05) is 12.1 Å². The Morgan fingerprint density at radius 1 is 1.24 bits per heavy atom. The molecule has 21 heavy (non-hydrogen) atoms. The maximum Gasteiger partial charge on any atom is 0.278 e. The molecule has 0 saturated carbocycles. The highest BCUT2D eigenvalue weighted by molar-refractivity contribution is 6.05. The Hall–Kier alpha value is -2.47. The Bertz CT molecular complexity index is 656. The van der Waals surface area contributed by atoms with E-state index in [2.05, 4.69) is 10.2 Å². The summed E-state index contributed by atoms with van der Waals surface area (Å²) in [5, 5.41) is 6.07. The molecule has 0 aliphatic carbocycles. The van der Waals surface area contributed by atoms with Crippen molar-refractivity contribution in [1.82, 2.24) is 10.2 Å². The molecule has 0 radical (unpaired) electrons. The first kappa shape index (κ1) is 14.9. The zero-order chi connectivity index (χ0) is 15.4. The highest BCUT2D eigenvalue weighted by Crippen LogP contribution is 2.20. The summed E-state index contributed by atoms with van der Waals surface area (Å²) in [6.07, 6.45) is 0. The number of rotatable bonds is 4. The van der Waals surface area contributed by atoms with E-state index in [0.717, 1.165) is 11.3 Å². The van der Waals surface area contributed by atoms with E-state index in [4.69, 9.17) is 5.73 Å². The second-order valence-corrected chi connectivity index (χ2v) is 4.95. The van der Waals surface area contributed by atoms with Crippen molar-refractivity contribution in [2.24, 2.45) is 5.73 Å². The van der Waals surface area contributed by atoms with Crippen LogP contribution in [-0.4, -0.2) is 22.1 Å². The van der Waals surface area contributed by atoms with E-state index in [-0.39, 0.29) is 23.2 Å². The highest BCUT2D eigenvalue weighted by atomic mass is 16.2. The van der Waals surface area contributed by atoms with E-state index in [0.29, 0.717) is 6.54 Å². The number of amides is 1. The molecule has 1 amide bonds. The molecule has 0 atom stereocenters. The third-order valence-electron chi connectivity index (χ3n) is 3.08. The van der Waals surface area contributed by atoms with Gasteiger partial charge in [0.05, 0.1) is 0 Å². The van der Waals surface area contributed by atoms with E-state index in [1.807, 2.05) is 38.1 Å². The zero-order valence-electron chi connectivity index (χ0n) is 12.0. The summed E-state index contributed by atoms with van der Waals surface area (Å²) in [6.45, 7) is 4.29. The van der Waals surface area contributed by atoms with Crippen LogP contribution in [0.2, 0.25) is 0 Å². The van der Waals surface area contributed by atoms with Crippen LogP contribution in [0.4, 0.5) is 5.69 Å². The first-order chi connectivity index (χ1) is 10.0. The van der Waals surface area contributed by atoms with Crippen LogP contribution < -0.4 is 16.2 Å². The molecule has 6 heteroatoms. The van der Waals surface area contributed by atoms with Crippen LogP contribution in [0.15, 0.2) is 41.2 Å². The number of nitrogens with one attached hydrogen (secondary N) is 1. The lowest BCUT2D eigenvalue weighted by Crippen LogP contribution is -2.38. The summed E-state index contributed by atoms with van der Waals surface area (Å²) in [5.74, 6) is -0.262. The molecule has 2 aromatic rings. The summed E-state index contributed by atoms with van der Waals surface area (Å²) in [7, 11) is 0. The number of aromatic nitrogens is 2. The Labute approximate surface area is 122 Å². The number of carbonyl (C=O) groups is 1. The fourth-order valence-corrected chi connectivity index (χ4v) is 2.03. The van der Waals surface area contributed by atoms with Gasteiger partial charge in [-0.05, 0) is 37.6 Å². The van der Waals surface area contributed by atoms with E-state index in [9.17, 15) is 9.59 Å². The normalized spacial score (nSPS) is 10.7. The topological polar surface area (TPSA) is 92.1 Å². The molecular formula is C15H18N4O2. The van der Waals surface area contributed by atoms with Gasteiger partial charge in [0.1, 0.15) is 5.69 Å². The van der Waals surface area contributed by atoms with Crippen LogP contribution in [-0.2, 0) is 6.54 Å². The number of benzene rings is 1. The van der Waals surface area contributed by atoms with Crippen LogP contribution in [0.25, 0.3) is 0 Å². The fraction of sp³-hybridized carbons (Fsp3) is 0.267. The van der Waals surface area contributed by atoms with Gasteiger partial charge >= 0.3 is 0 Å². The van der Waals surface area contributed by atoms with Gasteiger partial charge in [0, 0.05) is 24.3 Å². The Morgan fingerprint density at radius 3 is 2.38 bits per heavy atom. The minimum Gasteiger partial charge on any atom is -0.326 e. The summed E-state index contributed by atoms with van der Waals surface area (Å²) in [4.78, 5) is 25.2. The van der Waals surface area contributed by atoms with E-state index in [1.54, 1.807) is 4.90 Å². The second kappa shape index (κ2) is 6.32. The molecule has 0 saturated heterocycles. The molecule has 1 heterocycles. The summed E-state index contributed by atoms with van der Waals surface area (Å²) in [6, 6.07) is 10.1. The maximum absolute atomic E-state index is 12.6. The smallest absolute Gasteiger partial charge is 0.278 e. The molecule has 0 aliphatic heterocycles. The van der Waals surface area contributed by atoms with E-state index >= 15 is 0 Å². The van der Waals surface area contributed by atoms with Gasteiger partial charge in [-0.2, -0.15) is 5.10 Å². The molecule has 1 aromatic heterocycles. The Morgan fingerprint density at radius 2 is 1.90 bits per heavy atom. The van der Waals surface area contributed by atoms with Gasteiger partial charge in [0.25, 0.3) is 11.5 Å². The first-order valence-corrected chi connectivity index (χ1v) is 6.71.